The number of halogens is 1. The molecular formula is C19H20FN5O. The lowest BCUT2D eigenvalue weighted by Crippen LogP contribution is -2.31. The Balaban J connectivity index is 1.37. The SMILES string of the molecule is Cn1ncc2ncc(C(=O)NCC3CCN(c4ccccc4F)C3)cc21. The molecular weight excluding hydrogens is 333 g/mol. The minimum Gasteiger partial charge on any atom is -0.369 e. The number of anilines is 1. The fraction of sp³-hybridized carbons (Fsp3) is 0.316. The van der Waals surface area contributed by atoms with Crippen molar-refractivity contribution in [2.24, 2.45) is 13.0 Å². The van der Waals surface area contributed by atoms with Crippen LogP contribution in [0.4, 0.5) is 10.1 Å². The predicted molar refractivity (Wildman–Crippen MR) is 97.6 cm³/mol. The van der Waals surface area contributed by atoms with Gasteiger partial charge in [-0.05, 0) is 30.5 Å². The molecule has 3 heterocycles. The third-order valence-electron chi connectivity index (χ3n) is 4.89. The quantitative estimate of drug-likeness (QED) is 0.782. The molecule has 0 aliphatic carbocycles. The summed E-state index contributed by atoms with van der Waals surface area (Å²) in [5.74, 6) is -0.0513. The highest BCUT2D eigenvalue weighted by molar-refractivity contribution is 5.96. The number of carbonyl (C=O) groups excluding carboxylic acids is 1. The summed E-state index contributed by atoms with van der Waals surface area (Å²) in [5.41, 5.74) is 2.74. The van der Waals surface area contributed by atoms with Crippen molar-refractivity contribution >= 4 is 22.6 Å². The van der Waals surface area contributed by atoms with Crippen molar-refractivity contribution < 1.29 is 9.18 Å². The van der Waals surface area contributed by atoms with E-state index in [-0.39, 0.29) is 11.7 Å². The van der Waals surface area contributed by atoms with Gasteiger partial charge in [0.1, 0.15) is 11.3 Å². The maximum Gasteiger partial charge on any atom is 0.252 e. The zero-order valence-corrected chi connectivity index (χ0v) is 14.5. The van der Waals surface area contributed by atoms with Crippen LogP contribution in [0.1, 0.15) is 16.8 Å². The van der Waals surface area contributed by atoms with Gasteiger partial charge < -0.3 is 10.2 Å². The van der Waals surface area contributed by atoms with Gasteiger partial charge in [-0.2, -0.15) is 5.10 Å². The van der Waals surface area contributed by atoms with E-state index < -0.39 is 0 Å². The van der Waals surface area contributed by atoms with E-state index in [2.05, 4.69) is 15.4 Å². The average Bonchev–Trinajstić information content (AvgIpc) is 3.27. The van der Waals surface area contributed by atoms with Gasteiger partial charge >= 0.3 is 0 Å². The van der Waals surface area contributed by atoms with E-state index in [9.17, 15) is 9.18 Å². The number of benzene rings is 1. The minimum atomic E-state index is -0.201. The van der Waals surface area contributed by atoms with Crippen molar-refractivity contribution in [2.75, 3.05) is 24.5 Å². The number of pyridine rings is 1. The number of hydrogen-bond acceptors (Lipinski definition) is 4. The maximum atomic E-state index is 13.9. The molecule has 134 valence electrons. The number of nitrogens with one attached hydrogen (secondary N) is 1. The molecule has 6 nitrogen and oxygen atoms in total. The Kier molecular flexibility index (Phi) is 4.28. The van der Waals surface area contributed by atoms with Crippen molar-refractivity contribution in [3.63, 3.8) is 0 Å². The molecule has 1 atom stereocenters. The number of rotatable bonds is 4. The topological polar surface area (TPSA) is 63.1 Å². The third-order valence-corrected chi connectivity index (χ3v) is 4.89. The van der Waals surface area contributed by atoms with Crippen molar-refractivity contribution in [2.45, 2.75) is 6.42 Å². The molecule has 7 heteroatoms. The summed E-state index contributed by atoms with van der Waals surface area (Å²) < 4.78 is 15.6. The van der Waals surface area contributed by atoms with Crippen molar-refractivity contribution in [3.8, 4) is 0 Å². The Morgan fingerprint density at radius 2 is 2.19 bits per heavy atom. The van der Waals surface area contributed by atoms with Crippen LogP contribution in [-0.2, 0) is 7.05 Å². The fourth-order valence-corrected chi connectivity index (χ4v) is 3.42. The Labute approximate surface area is 150 Å². The Morgan fingerprint density at radius 3 is 3.04 bits per heavy atom. The number of fused-ring (bicyclic) bond motifs is 1. The van der Waals surface area contributed by atoms with Crippen LogP contribution in [0.15, 0.2) is 42.7 Å². The highest BCUT2D eigenvalue weighted by Crippen LogP contribution is 2.25. The number of carbonyl (C=O) groups is 1. The molecule has 1 saturated heterocycles. The van der Waals surface area contributed by atoms with E-state index in [1.165, 1.54) is 6.07 Å². The first-order chi connectivity index (χ1) is 12.6. The van der Waals surface area contributed by atoms with Crippen LogP contribution in [0.2, 0.25) is 0 Å². The summed E-state index contributed by atoms with van der Waals surface area (Å²) in [6, 6.07) is 8.61. The number of hydrogen-bond donors (Lipinski definition) is 1. The van der Waals surface area contributed by atoms with Gasteiger partial charge in [0.15, 0.2) is 0 Å². The highest BCUT2D eigenvalue weighted by atomic mass is 19.1. The monoisotopic (exact) mass is 353 g/mol. The number of aryl methyl sites for hydroxylation is 1. The molecule has 0 spiro atoms. The fourth-order valence-electron chi connectivity index (χ4n) is 3.42. The number of nitrogens with zero attached hydrogens (tertiary/aromatic N) is 4. The Bertz CT molecular complexity index is 954. The second-order valence-corrected chi connectivity index (χ2v) is 6.66. The first-order valence-electron chi connectivity index (χ1n) is 8.67. The first-order valence-corrected chi connectivity index (χ1v) is 8.67. The highest BCUT2D eigenvalue weighted by Gasteiger charge is 2.24. The normalized spacial score (nSPS) is 17.0. The van der Waals surface area contributed by atoms with Gasteiger partial charge in [0.2, 0.25) is 0 Å². The maximum absolute atomic E-state index is 13.9. The van der Waals surface area contributed by atoms with Crippen LogP contribution in [0.5, 0.6) is 0 Å². The van der Waals surface area contributed by atoms with E-state index >= 15 is 0 Å². The van der Waals surface area contributed by atoms with Gasteiger partial charge in [-0.15, -0.1) is 0 Å². The van der Waals surface area contributed by atoms with Gasteiger partial charge in [-0.1, -0.05) is 12.1 Å². The van der Waals surface area contributed by atoms with Gasteiger partial charge in [-0.3, -0.25) is 14.5 Å². The van der Waals surface area contributed by atoms with Gasteiger partial charge in [-0.25, -0.2) is 4.39 Å². The summed E-state index contributed by atoms with van der Waals surface area (Å²) in [7, 11) is 1.82. The van der Waals surface area contributed by atoms with E-state index in [1.807, 2.05) is 18.0 Å². The molecule has 1 aliphatic heterocycles. The van der Waals surface area contributed by atoms with Crippen LogP contribution in [0, 0.1) is 11.7 Å². The second kappa shape index (κ2) is 6.74. The molecule has 0 bridgehead atoms. The van der Waals surface area contributed by atoms with Crippen molar-refractivity contribution in [1.82, 2.24) is 20.1 Å². The van der Waals surface area contributed by atoms with Crippen LogP contribution in [0.3, 0.4) is 0 Å². The summed E-state index contributed by atoms with van der Waals surface area (Å²) in [6.07, 6.45) is 4.17. The van der Waals surface area contributed by atoms with Crippen LogP contribution in [0.25, 0.3) is 11.0 Å². The molecule has 3 aromatic rings. The molecule has 1 aliphatic rings. The van der Waals surface area contributed by atoms with E-state index in [1.54, 1.807) is 35.3 Å². The van der Waals surface area contributed by atoms with Crippen LogP contribution in [-0.4, -0.2) is 40.3 Å². The molecule has 1 fully saturated rings. The number of amides is 1. The van der Waals surface area contributed by atoms with Gasteiger partial charge in [0.05, 0.1) is 23.0 Å². The third kappa shape index (κ3) is 3.12. The molecule has 26 heavy (non-hydrogen) atoms. The number of para-hydroxylation sites is 1. The average molecular weight is 353 g/mol. The van der Waals surface area contributed by atoms with Gasteiger partial charge in [0.25, 0.3) is 5.91 Å². The Morgan fingerprint density at radius 1 is 1.35 bits per heavy atom. The molecule has 1 amide bonds. The van der Waals surface area contributed by atoms with Crippen molar-refractivity contribution in [1.29, 1.82) is 0 Å². The minimum absolute atomic E-state index is 0.148. The molecule has 2 aromatic heterocycles. The lowest BCUT2D eigenvalue weighted by atomic mass is 10.1. The lowest BCUT2D eigenvalue weighted by Gasteiger charge is -2.19. The van der Waals surface area contributed by atoms with Crippen LogP contribution >= 0.6 is 0 Å². The molecule has 1 aromatic carbocycles. The summed E-state index contributed by atoms with van der Waals surface area (Å²) in [5, 5.41) is 7.11. The van der Waals surface area contributed by atoms with E-state index in [0.717, 1.165) is 30.5 Å². The van der Waals surface area contributed by atoms with Crippen LogP contribution < -0.4 is 10.2 Å². The molecule has 1 unspecified atom stereocenters. The standard InChI is InChI=1S/C19H20FN5O/c1-24-18-8-14(10-21-16(18)11-23-24)19(26)22-9-13-6-7-25(12-13)17-5-3-2-4-15(17)20/h2-5,8,10-11,13H,6-7,9,12H2,1H3,(H,22,26). The molecule has 4 rings (SSSR count). The summed E-state index contributed by atoms with van der Waals surface area (Å²) in [6.45, 7) is 2.09. The zero-order valence-electron chi connectivity index (χ0n) is 14.5. The molecule has 1 N–H and O–H groups in total. The Hall–Kier alpha value is -2.96. The smallest absolute Gasteiger partial charge is 0.252 e. The summed E-state index contributed by atoms with van der Waals surface area (Å²) >= 11 is 0. The number of aromatic nitrogens is 3. The van der Waals surface area contributed by atoms with E-state index in [0.29, 0.717) is 23.7 Å². The van der Waals surface area contributed by atoms with Gasteiger partial charge in [0, 0.05) is 32.9 Å². The molecule has 0 saturated carbocycles. The summed E-state index contributed by atoms with van der Waals surface area (Å²) in [4.78, 5) is 18.7. The van der Waals surface area contributed by atoms with E-state index in [4.69, 9.17) is 0 Å². The zero-order chi connectivity index (χ0) is 18.1. The first kappa shape index (κ1) is 16.5. The second-order valence-electron chi connectivity index (χ2n) is 6.66. The largest absolute Gasteiger partial charge is 0.369 e. The molecule has 0 radical (unpaired) electrons. The van der Waals surface area contributed by atoms with Crippen molar-refractivity contribution in [3.05, 3.63) is 54.1 Å². The predicted octanol–water partition coefficient (Wildman–Crippen LogP) is 2.36. The lowest BCUT2D eigenvalue weighted by molar-refractivity contribution is 0.0948.